The summed E-state index contributed by atoms with van der Waals surface area (Å²) in [7, 11) is -4.57. The van der Waals surface area contributed by atoms with E-state index in [4.69, 9.17) is 0 Å². The maximum Gasteiger partial charge on any atom is 1.00 e. The molecule has 0 aromatic carbocycles. The van der Waals surface area contributed by atoms with Crippen LogP contribution in [-0.4, -0.2) is 19.6 Å². The fraction of sp³-hybridized carbons (Fsp3) is 1.00. The van der Waals surface area contributed by atoms with Gasteiger partial charge >= 0.3 is 51.4 Å². The zero-order chi connectivity index (χ0) is 20.9. The molecule has 6 heteroatoms. The minimum absolute atomic E-state index is 0. The number of hydrogen-bond acceptors (Lipinski definition) is 4. The second-order valence-electron chi connectivity index (χ2n) is 8.44. The summed E-state index contributed by atoms with van der Waals surface area (Å²) in [4.78, 5) is 0. The van der Waals surface area contributed by atoms with Crippen molar-refractivity contribution < 1.29 is 68.5 Å². The predicted octanol–water partition coefficient (Wildman–Crippen LogP) is 4.54. The Morgan fingerprint density at radius 2 is 0.931 bits per heavy atom. The second-order valence-corrected chi connectivity index (χ2v) is 9.49. The van der Waals surface area contributed by atoms with Gasteiger partial charge in [-0.3, -0.25) is 4.18 Å². The van der Waals surface area contributed by atoms with E-state index in [2.05, 4.69) is 18.0 Å². The second kappa shape index (κ2) is 24.2. The van der Waals surface area contributed by atoms with E-state index in [0.29, 0.717) is 0 Å². The van der Waals surface area contributed by atoms with E-state index >= 15 is 0 Å². The average Bonchev–Trinajstić information content (AvgIpc) is 2.65. The van der Waals surface area contributed by atoms with Gasteiger partial charge in [-0.15, -0.1) is 0 Å². The molecular formula is C23H47KO4S. The number of rotatable bonds is 22. The largest absolute Gasteiger partial charge is 1.00 e. The molecule has 0 aliphatic rings. The van der Waals surface area contributed by atoms with Crippen LogP contribution in [0.25, 0.3) is 0 Å². The molecule has 0 heterocycles. The molecule has 29 heavy (non-hydrogen) atoms. The summed E-state index contributed by atoms with van der Waals surface area (Å²) in [5.74, 6) is 0.202. The summed E-state index contributed by atoms with van der Waals surface area (Å²) in [5, 5.41) is 0. The van der Waals surface area contributed by atoms with Crippen LogP contribution in [0.4, 0.5) is 0 Å². The molecule has 4 nitrogen and oxygen atoms in total. The summed E-state index contributed by atoms with van der Waals surface area (Å²) in [6, 6.07) is 0. The van der Waals surface area contributed by atoms with Crippen LogP contribution in [-0.2, 0) is 14.6 Å². The summed E-state index contributed by atoms with van der Waals surface area (Å²) in [6.07, 6.45) is 23.7. The molecule has 0 rings (SSSR count). The van der Waals surface area contributed by atoms with Gasteiger partial charge in [0.2, 0.25) is 10.4 Å². The molecule has 0 N–H and O–H groups in total. The predicted molar refractivity (Wildman–Crippen MR) is 118 cm³/mol. The van der Waals surface area contributed by atoms with Crippen LogP contribution in [0.15, 0.2) is 0 Å². The van der Waals surface area contributed by atoms with Crippen molar-refractivity contribution in [2.45, 2.75) is 136 Å². The van der Waals surface area contributed by atoms with Gasteiger partial charge in [0, 0.05) is 0 Å². The molecule has 1 atom stereocenters. The fourth-order valence-electron chi connectivity index (χ4n) is 3.80. The van der Waals surface area contributed by atoms with E-state index in [9.17, 15) is 13.0 Å². The Kier molecular flexibility index (Phi) is 27.2. The number of unbranched alkanes of at least 4 members (excludes halogenated alkanes) is 15. The number of hydrogen-bond donors (Lipinski definition) is 0. The van der Waals surface area contributed by atoms with Gasteiger partial charge in [-0.1, -0.05) is 123 Å². The van der Waals surface area contributed by atoms with Crippen LogP contribution in [0.3, 0.4) is 0 Å². The van der Waals surface area contributed by atoms with E-state index in [-0.39, 0.29) is 63.9 Å². The van der Waals surface area contributed by atoms with E-state index in [0.717, 1.165) is 25.7 Å². The molecule has 0 radical (unpaired) electrons. The maximum absolute atomic E-state index is 10.8. The molecule has 0 fully saturated rings. The van der Waals surface area contributed by atoms with Crippen LogP contribution in [0.1, 0.15) is 136 Å². The molecule has 170 valence electrons. The molecule has 0 aromatic heterocycles. The van der Waals surface area contributed by atoms with Crippen molar-refractivity contribution in [2.24, 2.45) is 5.92 Å². The molecule has 0 spiro atoms. The van der Waals surface area contributed by atoms with Crippen LogP contribution in [0, 0.1) is 5.92 Å². The summed E-state index contributed by atoms with van der Waals surface area (Å²) in [6.45, 7) is 4.54. The Labute approximate surface area is 225 Å². The normalized spacial score (nSPS) is 12.7. The topological polar surface area (TPSA) is 66.4 Å². The molecular weight excluding hydrogens is 411 g/mol. The molecule has 0 aromatic rings. The quantitative estimate of drug-likeness (QED) is 0.103. The first-order chi connectivity index (χ1) is 13.5. The Morgan fingerprint density at radius 1 is 0.621 bits per heavy atom. The van der Waals surface area contributed by atoms with Crippen LogP contribution < -0.4 is 51.4 Å². The Morgan fingerprint density at radius 3 is 1.24 bits per heavy atom. The third kappa shape index (κ3) is 27.5. The first kappa shape index (κ1) is 32.7. The molecule has 0 amide bonds. The Bertz CT molecular complexity index is 415. The zero-order valence-electron chi connectivity index (χ0n) is 19.8. The molecule has 0 saturated carbocycles. The smallest absolute Gasteiger partial charge is 0.726 e. The first-order valence-electron chi connectivity index (χ1n) is 12.1. The molecule has 0 bridgehead atoms. The van der Waals surface area contributed by atoms with Gasteiger partial charge in [-0.2, -0.15) is 0 Å². The van der Waals surface area contributed by atoms with E-state index in [1.165, 1.54) is 96.3 Å². The third-order valence-electron chi connectivity index (χ3n) is 5.63. The minimum atomic E-state index is -4.57. The van der Waals surface area contributed by atoms with Crippen molar-refractivity contribution in [2.75, 3.05) is 6.61 Å². The van der Waals surface area contributed by atoms with Crippen molar-refractivity contribution >= 4 is 10.4 Å². The summed E-state index contributed by atoms with van der Waals surface area (Å²) in [5.41, 5.74) is 0. The van der Waals surface area contributed by atoms with Gasteiger partial charge in [0.1, 0.15) is 0 Å². The Hall–Kier alpha value is 1.51. The van der Waals surface area contributed by atoms with Gasteiger partial charge in [0.15, 0.2) is 0 Å². The van der Waals surface area contributed by atoms with E-state index in [1.807, 2.05) is 0 Å². The first-order valence-corrected chi connectivity index (χ1v) is 13.4. The van der Waals surface area contributed by atoms with Crippen LogP contribution in [0.2, 0.25) is 0 Å². The Balaban J connectivity index is 0. The maximum atomic E-state index is 10.8. The van der Waals surface area contributed by atoms with Crippen molar-refractivity contribution in [1.82, 2.24) is 0 Å². The van der Waals surface area contributed by atoms with Crippen LogP contribution >= 0.6 is 0 Å². The van der Waals surface area contributed by atoms with Gasteiger partial charge in [0.25, 0.3) is 0 Å². The van der Waals surface area contributed by atoms with Gasteiger partial charge in [-0.25, -0.2) is 8.42 Å². The molecule has 1 unspecified atom stereocenters. The standard InChI is InChI=1S/C23H48O4S.K/c1-3-5-7-9-11-12-13-15-17-19-21-23(22-27-28(24,25)26)20-18-16-14-10-8-6-4-2;/h23H,3-22H2,1-2H3,(H,24,25,26);/q;+1/p-1. The summed E-state index contributed by atoms with van der Waals surface area (Å²) >= 11 is 0. The van der Waals surface area contributed by atoms with E-state index < -0.39 is 10.4 Å². The van der Waals surface area contributed by atoms with Crippen molar-refractivity contribution in [3.05, 3.63) is 0 Å². The van der Waals surface area contributed by atoms with Crippen molar-refractivity contribution in [3.63, 3.8) is 0 Å². The SMILES string of the molecule is CCCCCCCCCCCCC(CCCCCCCCC)COS(=O)(=O)[O-].[K+]. The van der Waals surface area contributed by atoms with E-state index in [1.54, 1.807) is 0 Å². The molecule has 0 aliphatic heterocycles. The van der Waals surface area contributed by atoms with Crippen LogP contribution in [0.5, 0.6) is 0 Å². The minimum Gasteiger partial charge on any atom is -0.726 e. The molecule has 0 saturated heterocycles. The molecule has 0 aliphatic carbocycles. The zero-order valence-corrected chi connectivity index (χ0v) is 23.7. The monoisotopic (exact) mass is 458 g/mol. The van der Waals surface area contributed by atoms with Crippen molar-refractivity contribution in [1.29, 1.82) is 0 Å². The average molecular weight is 459 g/mol. The van der Waals surface area contributed by atoms with Gasteiger partial charge in [-0.05, 0) is 18.8 Å². The van der Waals surface area contributed by atoms with Gasteiger partial charge in [0.05, 0.1) is 6.61 Å². The van der Waals surface area contributed by atoms with Crippen molar-refractivity contribution in [3.8, 4) is 0 Å². The van der Waals surface area contributed by atoms with Gasteiger partial charge < -0.3 is 4.55 Å². The summed E-state index contributed by atoms with van der Waals surface area (Å²) < 4.78 is 36.9. The third-order valence-corrected chi connectivity index (χ3v) is 6.05. The fourth-order valence-corrected chi connectivity index (χ4v) is 4.16.